The van der Waals surface area contributed by atoms with Gasteiger partial charge in [-0.2, -0.15) is 0 Å². The molecular weight excluding hydrogens is 406 g/mol. The van der Waals surface area contributed by atoms with Gasteiger partial charge in [0.2, 0.25) is 15.9 Å². The molecule has 4 rings (SSSR count). The summed E-state index contributed by atoms with van der Waals surface area (Å²) in [7, 11) is -0.433. The zero-order valence-electron chi connectivity index (χ0n) is 17.6. The molecule has 1 N–H and O–H groups in total. The fraction of sp³-hybridized carbons (Fsp3) is 0.619. The summed E-state index contributed by atoms with van der Waals surface area (Å²) in [6, 6.07) is 6.85. The number of fused-ring (bicyclic) bond motifs is 1. The Balaban J connectivity index is 1.53. The van der Waals surface area contributed by atoms with Crippen molar-refractivity contribution < 1.29 is 22.7 Å². The Morgan fingerprint density at radius 1 is 1.17 bits per heavy atom. The van der Waals surface area contributed by atoms with Crippen LogP contribution in [0.25, 0.3) is 0 Å². The van der Waals surface area contributed by atoms with Crippen molar-refractivity contribution in [1.82, 2.24) is 14.5 Å². The van der Waals surface area contributed by atoms with E-state index in [1.807, 2.05) is 31.2 Å². The number of carbonyl (C=O) groups excluding carboxylic acids is 2. The Kier molecular flexibility index (Phi) is 5.30. The van der Waals surface area contributed by atoms with Gasteiger partial charge in [0.15, 0.2) is 0 Å². The average Bonchev–Trinajstić information content (AvgIpc) is 3.45. The van der Waals surface area contributed by atoms with Crippen LogP contribution in [-0.4, -0.2) is 61.1 Å². The Morgan fingerprint density at radius 2 is 1.83 bits per heavy atom. The van der Waals surface area contributed by atoms with Crippen LogP contribution in [0.15, 0.2) is 24.3 Å². The van der Waals surface area contributed by atoms with Crippen molar-refractivity contribution in [3.8, 4) is 5.75 Å². The molecule has 1 aromatic carbocycles. The van der Waals surface area contributed by atoms with Gasteiger partial charge in [-0.15, -0.1) is 0 Å². The first kappa shape index (κ1) is 21.1. The summed E-state index contributed by atoms with van der Waals surface area (Å²) < 4.78 is 33.8. The third-order valence-electron chi connectivity index (χ3n) is 6.69. The molecule has 0 spiro atoms. The predicted molar refractivity (Wildman–Crippen MR) is 111 cm³/mol. The van der Waals surface area contributed by atoms with Crippen molar-refractivity contribution in [2.45, 2.75) is 62.4 Å². The van der Waals surface area contributed by atoms with Crippen molar-refractivity contribution in [3.05, 3.63) is 29.8 Å². The normalized spacial score (nSPS) is 28.3. The highest BCUT2D eigenvalue weighted by Gasteiger charge is 2.51. The van der Waals surface area contributed by atoms with E-state index in [1.54, 1.807) is 12.0 Å². The smallest absolute Gasteiger partial charge is 0.327 e. The number of methoxy groups -OCH3 is 1. The number of carbonyl (C=O) groups is 2. The summed E-state index contributed by atoms with van der Waals surface area (Å²) in [4.78, 5) is 28.6. The minimum absolute atomic E-state index is 0.242. The zero-order valence-corrected chi connectivity index (χ0v) is 18.4. The van der Waals surface area contributed by atoms with Gasteiger partial charge >= 0.3 is 6.03 Å². The fourth-order valence-corrected chi connectivity index (χ4v) is 6.51. The first-order valence-corrected chi connectivity index (χ1v) is 11.9. The lowest BCUT2D eigenvalue weighted by molar-refractivity contribution is -0.139. The number of imide groups is 1. The highest BCUT2D eigenvalue weighted by molar-refractivity contribution is 7.90. The lowest BCUT2D eigenvalue weighted by atomic mass is 9.80. The van der Waals surface area contributed by atoms with Gasteiger partial charge in [-0.1, -0.05) is 12.1 Å². The van der Waals surface area contributed by atoms with Crippen LogP contribution in [0.2, 0.25) is 0 Å². The van der Waals surface area contributed by atoms with E-state index >= 15 is 0 Å². The number of nitrogens with one attached hydrogen (secondary N) is 1. The van der Waals surface area contributed by atoms with Crippen LogP contribution in [0, 0.1) is 5.92 Å². The maximum Gasteiger partial charge on any atom is 0.327 e. The highest BCUT2D eigenvalue weighted by atomic mass is 32.2. The number of sulfonamides is 1. The monoisotopic (exact) mass is 435 g/mol. The number of nitrogens with zero attached hydrogens (tertiary/aromatic N) is 2. The molecule has 3 fully saturated rings. The molecule has 30 heavy (non-hydrogen) atoms. The summed E-state index contributed by atoms with van der Waals surface area (Å²) in [5.74, 6) is -0.0572. The van der Waals surface area contributed by atoms with Crippen molar-refractivity contribution in [1.29, 1.82) is 0 Å². The second-order valence-electron chi connectivity index (χ2n) is 8.97. The molecule has 3 aliphatic rings. The highest BCUT2D eigenvalue weighted by Crippen LogP contribution is 2.40. The summed E-state index contributed by atoms with van der Waals surface area (Å²) in [6.07, 6.45) is 2.86. The van der Waals surface area contributed by atoms with E-state index in [1.165, 1.54) is 7.05 Å². The number of ether oxygens (including phenoxy) is 1. The van der Waals surface area contributed by atoms with Gasteiger partial charge in [-0.3, -0.25) is 9.69 Å². The molecule has 1 heterocycles. The number of rotatable bonds is 6. The van der Waals surface area contributed by atoms with E-state index in [2.05, 4.69) is 4.72 Å². The van der Waals surface area contributed by atoms with E-state index in [9.17, 15) is 18.0 Å². The van der Waals surface area contributed by atoms with Crippen molar-refractivity contribution in [2.24, 2.45) is 5.92 Å². The van der Waals surface area contributed by atoms with Crippen LogP contribution in [0.5, 0.6) is 5.75 Å². The molecular formula is C21H29N3O5S. The van der Waals surface area contributed by atoms with E-state index in [4.69, 9.17) is 4.74 Å². The third kappa shape index (κ3) is 3.92. The number of hydrogen-bond acceptors (Lipinski definition) is 5. The topological polar surface area (TPSA) is 96.0 Å². The number of amides is 3. The molecule has 1 saturated heterocycles. The predicted octanol–water partition coefficient (Wildman–Crippen LogP) is 2.10. The van der Waals surface area contributed by atoms with E-state index in [-0.39, 0.29) is 29.9 Å². The van der Waals surface area contributed by atoms with Crippen LogP contribution in [0.4, 0.5) is 4.79 Å². The first-order chi connectivity index (χ1) is 14.1. The molecule has 0 radical (unpaired) electrons. The average molecular weight is 436 g/mol. The Labute approximate surface area is 177 Å². The lowest BCUT2D eigenvalue weighted by Gasteiger charge is -2.47. The number of benzene rings is 1. The van der Waals surface area contributed by atoms with Crippen LogP contribution in [0.1, 0.15) is 44.6 Å². The molecule has 164 valence electrons. The molecule has 0 bridgehead atoms. The maximum absolute atomic E-state index is 12.9. The largest absolute Gasteiger partial charge is 0.497 e. The molecule has 8 nitrogen and oxygen atoms in total. The SMILES string of the molecule is COc1ccc(CN2C(=O)N(C)C(=O)C3CC(S(=O)(=O)NC4(C)CC4)CCC32)cc1. The van der Waals surface area contributed by atoms with Gasteiger partial charge < -0.3 is 9.64 Å². The summed E-state index contributed by atoms with van der Waals surface area (Å²) >= 11 is 0. The van der Waals surface area contributed by atoms with Crippen LogP contribution >= 0.6 is 0 Å². The Hall–Kier alpha value is -2.13. The van der Waals surface area contributed by atoms with Gasteiger partial charge in [0, 0.05) is 25.2 Å². The van der Waals surface area contributed by atoms with Crippen molar-refractivity contribution in [2.75, 3.05) is 14.2 Å². The Morgan fingerprint density at radius 3 is 2.43 bits per heavy atom. The van der Waals surface area contributed by atoms with E-state index in [0.717, 1.165) is 29.1 Å². The summed E-state index contributed by atoms with van der Waals surface area (Å²) in [5, 5.41) is -0.607. The molecule has 2 aliphatic carbocycles. The molecule has 3 atom stereocenters. The Bertz CT molecular complexity index is 942. The standard InChI is InChI=1S/C21H29N3O5S/c1-21(10-11-21)22-30(27,28)16-8-9-18-17(12-16)19(25)23(2)20(26)24(18)13-14-4-6-15(29-3)7-5-14/h4-7,16-18,22H,8-13H2,1-3H3. The first-order valence-electron chi connectivity index (χ1n) is 10.4. The van der Waals surface area contributed by atoms with Gasteiger partial charge in [-0.25, -0.2) is 17.9 Å². The summed E-state index contributed by atoms with van der Waals surface area (Å²) in [5.41, 5.74) is 0.600. The van der Waals surface area contributed by atoms with Crippen LogP contribution < -0.4 is 9.46 Å². The van der Waals surface area contributed by atoms with Crippen LogP contribution in [0.3, 0.4) is 0 Å². The quantitative estimate of drug-likeness (QED) is 0.738. The fourth-order valence-electron chi connectivity index (χ4n) is 4.54. The minimum atomic E-state index is -3.51. The lowest BCUT2D eigenvalue weighted by Crippen LogP contribution is -2.62. The molecule has 3 amide bonds. The molecule has 9 heteroatoms. The van der Waals surface area contributed by atoms with Gasteiger partial charge in [-0.05, 0) is 56.7 Å². The van der Waals surface area contributed by atoms with E-state index < -0.39 is 21.2 Å². The van der Waals surface area contributed by atoms with Gasteiger partial charge in [0.1, 0.15) is 5.75 Å². The second kappa shape index (κ2) is 7.53. The number of hydrogen-bond donors (Lipinski definition) is 1. The zero-order chi connectivity index (χ0) is 21.7. The van der Waals surface area contributed by atoms with Gasteiger partial charge in [0.25, 0.3) is 0 Å². The number of urea groups is 1. The minimum Gasteiger partial charge on any atom is -0.497 e. The van der Waals surface area contributed by atoms with Crippen molar-refractivity contribution in [3.63, 3.8) is 0 Å². The molecule has 1 aromatic rings. The maximum atomic E-state index is 12.9. The third-order valence-corrected chi connectivity index (χ3v) is 8.77. The summed E-state index contributed by atoms with van der Waals surface area (Å²) in [6.45, 7) is 2.28. The van der Waals surface area contributed by atoms with Gasteiger partial charge in [0.05, 0.1) is 18.3 Å². The molecule has 3 unspecified atom stereocenters. The van der Waals surface area contributed by atoms with Crippen molar-refractivity contribution >= 4 is 22.0 Å². The molecule has 2 saturated carbocycles. The molecule has 0 aromatic heterocycles. The second-order valence-corrected chi connectivity index (χ2v) is 10.9. The van der Waals surface area contributed by atoms with Crippen LogP contribution in [-0.2, 0) is 21.4 Å². The molecule has 1 aliphatic heterocycles. The van der Waals surface area contributed by atoms with E-state index in [0.29, 0.717) is 19.4 Å².